The summed E-state index contributed by atoms with van der Waals surface area (Å²) in [4.78, 5) is 42.3. The van der Waals surface area contributed by atoms with Gasteiger partial charge in [0, 0.05) is 21.7 Å². The van der Waals surface area contributed by atoms with Crippen LogP contribution in [0.4, 0.5) is 16.2 Å². The molecule has 2 aliphatic rings. The second kappa shape index (κ2) is 8.94. The summed E-state index contributed by atoms with van der Waals surface area (Å²) < 4.78 is 0.841. The molecule has 0 unspecified atom stereocenters. The van der Waals surface area contributed by atoms with Crippen molar-refractivity contribution in [1.29, 1.82) is 0 Å². The van der Waals surface area contributed by atoms with Crippen LogP contribution in [-0.2, 0) is 9.59 Å². The molecule has 0 bridgehead atoms. The van der Waals surface area contributed by atoms with Crippen LogP contribution in [0.15, 0.2) is 40.4 Å². The van der Waals surface area contributed by atoms with Crippen LogP contribution in [0.3, 0.4) is 0 Å². The average molecular weight is 538 g/mol. The molecule has 0 aromatic heterocycles. The minimum atomic E-state index is -0.742. The van der Waals surface area contributed by atoms with Crippen LogP contribution in [0.5, 0.6) is 0 Å². The third kappa shape index (κ3) is 4.42. The van der Waals surface area contributed by atoms with E-state index in [4.69, 9.17) is 0 Å². The number of anilines is 2. The lowest BCUT2D eigenvalue weighted by Gasteiger charge is -2.50. The van der Waals surface area contributed by atoms with Crippen molar-refractivity contribution in [3.63, 3.8) is 0 Å². The molecule has 1 fully saturated rings. The first kappa shape index (κ1) is 25.2. The van der Waals surface area contributed by atoms with Gasteiger partial charge in [0.15, 0.2) is 0 Å². The van der Waals surface area contributed by atoms with Crippen LogP contribution in [0, 0.1) is 13.8 Å². The molecule has 1 saturated heterocycles. The Labute approximate surface area is 215 Å². The Morgan fingerprint density at radius 2 is 1.74 bits per heavy atom. The van der Waals surface area contributed by atoms with E-state index >= 15 is 0 Å². The molecule has 184 valence electrons. The van der Waals surface area contributed by atoms with E-state index in [1.807, 2.05) is 19.9 Å². The van der Waals surface area contributed by atoms with Crippen LogP contribution >= 0.6 is 15.9 Å². The minimum absolute atomic E-state index is 0.0234. The monoisotopic (exact) mass is 537 g/mol. The molecule has 0 radical (unpaired) electrons. The number of fused-ring (bicyclic) bond motifs is 1. The highest BCUT2D eigenvalue weighted by Crippen LogP contribution is 2.45. The summed E-state index contributed by atoms with van der Waals surface area (Å²) in [6.07, 6.45) is 2.62. The normalized spacial score (nSPS) is 21.0. The van der Waals surface area contributed by atoms with Crippen LogP contribution in [0.25, 0.3) is 6.08 Å². The van der Waals surface area contributed by atoms with E-state index in [2.05, 4.69) is 72.9 Å². The zero-order valence-electron chi connectivity index (χ0n) is 21.3. The standard InChI is InChI=1S/C28H32BrN3O3/c1-15(2)32-24-11-16(3)19(12-21(24)18(5)14-28(32,6)7)13-22-25(33)30-27(35)31(26(22)34)23-9-8-20(29)10-17(23)4/h8-13,15,18H,14H2,1-7H3,(H,30,33,35)/b22-13+/t18-/m1/s1. The second-order valence-electron chi connectivity index (χ2n) is 10.5. The van der Waals surface area contributed by atoms with Crippen LogP contribution in [0.2, 0.25) is 0 Å². The molecule has 2 heterocycles. The number of hydrogen-bond acceptors (Lipinski definition) is 4. The predicted molar refractivity (Wildman–Crippen MR) is 144 cm³/mol. The SMILES string of the molecule is Cc1cc2c(cc1/C=C1\C(=O)NC(=O)N(c3ccc(Br)cc3C)C1=O)[C@H](C)CC(C)(C)N2C(C)C. The lowest BCUT2D eigenvalue weighted by atomic mass is 9.78. The summed E-state index contributed by atoms with van der Waals surface area (Å²) >= 11 is 3.41. The molecule has 7 heteroatoms. The largest absolute Gasteiger partial charge is 0.364 e. The van der Waals surface area contributed by atoms with Gasteiger partial charge in [-0.2, -0.15) is 0 Å². The number of barbiturate groups is 1. The van der Waals surface area contributed by atoms with Crippen molar-refractivity contribution in [2.45, 2.75) is 72.4 Å². The summed E-state index contributed by atoms with van der Waals surface area (Å²) in [5.41, 5.74) is 5.33. The number of nitrogens with zero attached hydrogens (tertiary/aromatic N) is 2. The molecule has 0 aliphatic carbocycles. The van der Waals surface area contributed by atoms with Gasteiger partial charge >= 0.3 is 6.03 Å². The molecule has 1 atom stereocenters. The summed E-state index contributed by atoms with van der Waals surface area (Å²) in [6.45, 7) is 15.0. The van der Waals surface area contributed by atoms with Crippen molar-refractivity contribution < 1.29 is 14.4 Å². The van der Waals surface area contributed by atoms with Gasteiger partial charge < -0.3 is 4.90 Å². The lowest BCUT2D eigenvalue weighted by Crippen LogP contribution is -2.54. The third-order valence-electron chi connectivity index (χ3n) is 6.98. The molecular formula is C28H32BrN3O3. The Bertz CT molecular complexity index is 1280. The lowest BCUT2D eigenvalue weighted by molar-refractivity contribution is -0.122. The number of halogens is 1. The van der Waals surface area contributed by atoms with Gasteiger partial charge in [-0.3, -0.25) is 14.9 Å². The van der Waals surface area contributed by atoms with Crippen LogP contribution in [0.1, 0.15) is 69.2 Å². The van der Waals surface area contributed by atoms with E-state index in [0.29, 0.717) is 17.6 Å². The Morgan fingerprint density at radius 1 is 1.06 bits per heavy atom. The number of hydrogen-bond donors (Lipinski definition) is 1. The van der Waals surface area contributed by atoms with Crippen molar-refractivity contribution in [3.8, 4) is 0 Å². The summed E-state index contributed by atoms with van der Waals surface area (Å²) in [6, 6.07) is 9.13. The van der Waals surface area contributed by atoms with Crippen molar-refractivity contribution in [3.05, 3.63) is 62.6 Å². The fourth-order valence-electron chi connectivity index (χ4n) is 5.65. The predicted octanol–water partition coefficient (Wildman–Crippen LogP) is 6.23. The maximum Gasteiger partial charge on any atom is 0.335 e. The molecule has 4 amide bonds. The number of carbonyl (C=O) groups excluding carboxylic acids is 3. The first-order valence-corrected chi connectivity index (χ1v) is 12.7. The molecule has 6 nitrogen and oxygen atoms in total. The van der Waals surface area contributed by atoms with Gasteiger partial charge in [-0.15, -0.1) is 0 Å². The zero-order valence-corrected chi connectivity index (χ0v) is 22.9. The summed E-state index contributed by atoms with van der Waals surface area (Å²) in [7, 11) is 0. The highest BCUT2D eigenvalue weighted by atomic mass is 79.9. The molecule has 2 aromatic carbocycles. The molecule has 2 aliphatic heterocycles. The van der Waals surface area contributed by atoms with Crippen molar-refractivity contribution >= 4 is 51.2 Å². The third-order valence-corrected chi connectivity index (χ3v) is 7.47. The number of urea groups is 1. The summed E-state index contributed by atoms with van der Waals surface area (Å²) in [5.74, 6) is -0.979. The maximum atomic E-state index is 13.4. The first-order valence-electron chi connectivity index (χ1n) is 11.9. The average Bonchev–Trinajstić information content (AvgIpc) is 2.72. The van der Waals surface area contributed by atoms with Gasteiger partial charge in [0.25, 0.3) is 11.8 Å². The minimum Gasteiger partial charge on any atom is -0.364 e. The second-order valence-corrected chi connectivity index (χ2v) is 11.5. The van der Waals surface area contributed by atoms with E-state index in [0.717, 1.165) is 32.5 Å². The smallest absolute Gasteiger partial charge is 0.335 e. The Hall–Kier alpha value is -2.93. The zero-order chi connectivity index (χ0) is 25.8. The van der Waals surface area contributed by atoms with Gasteiger partial charge in [-0.25, -0.2) is 9.69 Å². The van der Waals surface area contributed by atoms with Gasteiger partial charge in [0.2, 0.25) is 0 Å². The van der Waals surface area contributed by atoms with Crippen molar-refractivity contribution in [2.75, 3.05) is 9.80 Å². The van der Waals surface area contributed by atoms with Crippen LogP contribution < -0.4 is 15.1 Å². The Morgan fingerprint density at radius 3 is 2.37 bits per heavy atom. The molecule has 1 N–H and O–H groups in total. The molecular weight excluding hydrogens is 506 g/mol. The van der Waals surface area contributed by atoms with Crippen molar-refractivity contribution in [2.24, 2.45) is 0 Å². The van der Waals surface area contributed by atoms with Crippen molar-refractivity contribution in [1.82, 2.24) is 5.32 Å². The highest BCUT2D eigenvalue weighted by molar-refractivity contribution is 9.10. The van der Waals surface area contributed by atoms with E-state index in [1.165, 1.54) is 11.3 Å². The molecule has 2 aromatic rings. The number of carbonyl (C=O) groups is 3. The molecule has 0 saturated carbocycles. The van der Waals surface area contributed by atoms with E-state index in [1.54, 1.807) is 18.2 Å². The fourth-order valence-corrected chi connectivity index (χ4v) is 6.12. The van der Waals surface area contributed by atoms with E-state index in [-0.39, 0.29) is 11.1 Å². The maximum absolute atomic E-state index is 13.4. The van der Waals surface area contributed by atoms with E-state index in [9.17, 15) is 14.4 Å². The Balaban J connectivity index is 1.80. The number of aryl methyl sites for hydroxylation is 2. The van der Waals surface area contributed by atoms with Gasteiger partial charge in [-0.05, 0) is 113 Å². The molecule has 4 rings (SSSR count). The quantitative estimate of drug-likeness (QED) is 0.372. The van der Waals surface area contributed by atoms with Crippen LogP contribution in [-0.4, -0.2) is 29.4 Å². The topological polar surface area (TPSA) is 69.7 Å². The van der Waals surface area contributed by atoms with E-state index < -0.39 is 17.8 Å². The highest BCUT2D eigenvalue weighted by Gasteiger charge is 2.39. The fraction of sp³-hybridized carbons (Fsp3) is 0.393. The molecule has 0 spiro atoms. The number of rotatable bonds is 3. The number of imide groups is 2. The first-order chi connectivity index (χ1) is 16.3. The Kier molecular flexibility index (Phi) is 6.43. The summed E-state index contributed by atoms with van der Waals surface area (Å²) in [5, 5.41) is 2.33. The van der Waals surface area contributed by atoms with Gasteiger partial charge in [0.1, 0.15) is 5.57 Å². The molecule has 35 heavy (non-hydrogen) atoms. The number of nitrogens with one attached hydrogen (secondary N) is 1. The number of benzene rings is 2. The van der Waals surface area contributed by atoms with Gasteiger partial charge in [-0.1, -0.05) is 22.9 Å². The van der Waals surface area contributed by atoms with Gasteiger partial charge in [0.05, 0.1) is 5.69 Å². The number of amides is 4.